The second kappa shape index (κ2) is 7.51. The van der Waals surface area contributed by atoms with Crippen molar-refractivity contribution >= 4 is 44.1 Å². The highest BCUT2D eigenvalue weighted by atomic mass is 35.5. The molecule has 10 heteroatoms. The molecule has 30 heavy (non-hydrogen) atoms. The van der Waals surface area contributed by atoms with E-state index in [2.05, 4.69) is 14.7 Å². The van der Waals surface area contributed by atoms with Crippen LogP contribution in [0.2, 0.25) is 5.02 Å². The smallest absolute Gasteiger partial charge is 0.261 e. The second-order valence-electron chi connectivity index (χ2n) is 6.28. The van der Waals surface area contributed by atoms with Crippen LogP contribution >= 0.6 is 11.6 Å². The Balaban J connectivity index is 1.78. The highest BCUT2D eigenvalue weighted by Crippen LogP contribution is 2.29. The first-order chi connectivity index (χ1) is 14.3. The molecule has 0 amide bonds. The van der Waals surface area contributed by atoms with Crippen molar-refractivity contribution in [1.29, 1.82) is 0 Å². The number of nitrogens with zero attached hydrogens (tertiary/aromatic N) is 1. The summed E-state index contributed by atoms with van der Waals surface area (Å²) < 4.78 is 56.5. The molecule has 0 aliphatic carbocycles. The molecule has 4 aromatic rings. The Hall–Kier alpha value is -3.30. The van der Waals surface area contributed by atoms with Gasteiger partial charge in [-0.25, -0.2) is 22.2 Å². The predicted molar refractivity (Wildman–Crippen MR) is 108 cm³/mol. The van der Waals surface area contributed by atoms with E-state index in [1.165, 1.54) is 42.7 Å². The lowest BCUT2D eigenvalue weighted by molar-refractivity contribution is 0.103. The van der Waals surface area contributed by atoms with Gasteiger partial charge in [-0.2, -0.15) is 0 Å². The van der Waals surface area contributed by atoms with Gasteiger partial charge in [-0.15, -0.1) is 0 Å². The van der Waals surface area contributed by atoms with Crippen LogP contribution in [0.1, 0.15) is 15.9 Å². The fourth-order valence-corrected chi connectivity index (χ4v) is 4.18. The number of H-pyrrole nitrogens is 1. The summed E-state index contributed by atoms with van der Waals surface area (Å²) in [6.45, 7) is 0. The number of carbonyl (C=O) groups is 1. The third-order valence-corrected chi connectivity index (χ3v) is 5.95. The van der Waals surface area contributed by atoms with Gasteiger partial charge in [0.25, 0.3) is 10.0 Å². The molecular formula is C20H12ClF2N3O3S. The lowest BCUT2D eigenvalue weighted by atomic mass is 10.0. The molecule has 2 N–H and O–H groups in total. The van der Waals surface area contributed by atoms with Gasteiger partial charge in [0.15, 0.2) is 5.82 Å². The Bertz CT molecular complexity index is 1390. The van der Waals surface area contributed by atoms with E-state index >= 15 is 4.39 Å². The lowest BCUT2D eigenvalue weighted by Crippen LogP contribution is -2.16. The van der Waals surface area contributed by atoms with Crippen molar-refractivity contribution in [3.8, 4) is 0 Å². The number of halogens is 3. The number of ketones is 1. The Morgan fingerprint density at radius 2 is 1.83 bits per heavy atom. The predicted octanol–water partition coefficient (Wildman–Crippen LogP) is 4.53. The molecule has 0 atom stereocenters. The molecule has 0 saturated carbocycles. The van der Waals surface area contributed by atoms with E-state index < -0.39 is 38.7 Å². The third kappa shape index (κ3) is 3.53. The maximum absolute atomic E-state index is 15.1. The summed E-state index contributed by atoms with van der Waals surface area (Å²) in [6.07, 6.45) is 2.62. The van der Waals surface area contributed by atoms with Crippen molar-refractivity contribution in [2.75, 3.05) is 4.72 Å². The van der Waals surface area contributed by atoms with Crippen LogP contribution in [0.15, 0.2) is 65.8 Å². The minimum Gasteiger partial charge on any atom is -0.345 e. The molecule has 0 saturated heterocycles. The molecule has 0 spiro atoms. The lowest BCUT2D eigenvalue weighted by Gasteiger charge is -2.12. The Morgan fingerprint density at radius 3 is 2.57 bits per heavy atom. The van der Waals surface area contributed by atoms with Crippen molar-refractivity contribution in [3.05, 3.63) is 88.7 Å². The number of hydrogen-bond acceptors (Lipinski definition) is 4. The summed E-state index contributed by atoms with van der Waals surface area (Å²) in [5.74, 6) is -3.45. The van der Waals surface area contributed by atoms with Gasteiger partial charge in [0.2, 0.25) is 5.78 Å². The van der Waals surface area contributed by atoms with Crippen LogP contribution in [0.25, 0.3) is 11.0 Å². The van der Waals surface area contributed by atoms with Gasteiger partial charge in [-0.3, -0.25) is 9.52 Å². The monoisotopic (exact) mass is 447 g/mol. The van der Waals surface area contributed by atoms with Crippen LogP contribution < -0.4 is 4.72 Å². The number of hydrogen-bond donors (Lipinski definition) is 2. The molecule has 2 aromatic heterocycles. The first-order valence-electron chi connectivity index (χ1n) is 8.51. The quantitative estimate of drug-likeness (QED) is 0.440. The number of benzene rings is 2. The largest absolute Gasteiger partial charge is 0.345 e. The van der Waals surface area contributed by atoms with Crippen molar-refractivity contribution in [3.63, 3.8) is 0 Å². The number of carbonyl (C=O) groups excluding carboxylic acids is 1. The maximum Gasteiger partial charge on any atom is 0.261 e. The first kappa shape index (κ1) is 20.0. The van der Waals surface area contributed by atoms with Crippen LogP contribution in [0.3, 0.4) is 0 Å². The number of rotatable bonds is 5. The average Bonchev–Trinajstić information content (AvgIpc) is 3.14. The summed E-state index contributed by atoms with van der Waals surface area (Å²) in [7, 11) is -4.14. The number of anilines is 1. The van der Waals surface area contributed by atoms with E-state index in [1.54, 1.807) is 6.07 Å². The summed E-state index contributed by atoms with van der Waals surface area (Å²) >= 11 is 5.90. The Kier molecular flexibility index (Phi) is 5.00. The van der Waals surface area contributed by atoms with Crippen LogP contribution in [-0.4, -0.2) is 24.2 Å². The number of sulfonamides is 1. The minimum atomic E-state index is -4.14. The summed E-state index contributed by atoms with van der Waals surface area (Å²) in [4.78, 5) is 19.5. The van der Waals surface area contributed by atoms with Crippen molar-refractivity contribution in [1.82, 2.24) is 9.97 Å². The van der Waals surface area contributed by atoms with Crippen molar-refractivity contribution in [2.24, 2.45) is 0 Å². The van der Waals surface area contributed by atoms with E-state index in [-0.39, 0.29) is 20.9 Å². The summed E-state index contributed by atoms with van der Waals surface area (Å²) in [5, 5.41) is 0.517. The molecule has 2 heterocycles. The van der Waals surface area contributed by atoms with E-state index in [0.717, 1.165) is 12.1 Å². The number of nitrogens with one attached hydrogen (secondary N) is 2. The van der Waals surface area contributed by atoms with Gasteiger partial charge in [0, 0.05) is 23.3 Å². The van der Waals surface area contributed by atoms with E-state index in [1.807, 2.05) is 0 Å². The van der Waals surface area contributed by atoms with Crippen LogP contribution in [0, 0.1) is 11.6 Å². The molecule has 0 fully saturated rings. The van der Waals surface area contributed by atoms with Gasteiger partial charge >= 0.3 is 0 Å². The highest BCUT2D eigenvalue weighted by molar-refractivity contribution is 7.92. The first-order valence-corrected chi connectivity index (χ1v) is 10.4. The van der Waals surface area contributed by atoms with Gasteiger partial charge < -0.3 is 4.98 Å². The highest BCUT2D eigenvalue weighted by Gasteiger charge is 2.26. The Labute approximate surface area is 174 Å². The van der Waals surface area contributed by atoms with Crippen LogP contribution in [-0.2, 0) is 10.0 Å². The second-order valence-corrected chi connectivity index (χ2v) is 8.40. The zero-order valence-corrected chi connectivity index (χ0v) is 16.6. The molecule has 2 aromatic carbocycles. The molecular weight excluding hydrogens is 436 g/mol. The topological polar surface area (TPSA) is 91.9 Å². The van der Waals surface area contributed by atoms with Crippen LogP contribution in [0.4, 0.5) is 14.5 Å². The average molecular weight is 448 g/mol. The van der Waals surface area contributed by atoms with Gasteiger partial charge in [0.05, 0.1) is 21.2 Å². The van der Waals surface area contributed by atoms with Crippen molar-refractivity contribution < 1.29 is 22.0 Å². The molecule has 4 rings (SSSR count). The van der Waals surface area contributed by atoms with Gasteiger partial charge in [-0.05, 0) is 30.3 Å². The normalized spacial score (nSPS) is 11.6. The number of pyridine rings is 1. The molecule has 152 valence electrons. The molecule has 0 bridgehead atoms. The fraction of sp³-hybridized carbons (Fsp3) is 0. The standard InChI is InChI=1S/C20H12ClF2N3O3S/c21-11-8-13-14(10-25-20(13)24-9-11)19(27)17-15(22)6-7-16(18(17)23)26-30(28,29)12-4-2-1-3-5-12/h1-10,26H,(H,24,25). The summed E-state index contributed by atoms with van der Waals surface area (Å²) in [6, 6.07) is 10.4. The Morgan fingerprint density at radius 1 is 1.10 bits per heavy atom. The maximum atomic E-state index is 15.1. The minimum absolute atomic E-state index is 0.0548. The summed E-state index contributed by atoms with van der Waals surface area (Å²) in [5.41, 5.74) is -1.20. The zero-order chi connectivity index (χ0) is 21.5. The fourth-order valence-electron chi connectivity index (χ4n) is 2.94. The molecule has 0 unspecified atom stereocenters. The van der Waals surface area contributed by atoms with E-state index in [9.17, 15) is 17.6 Å². The van der Waals surface area contributed by atoms with Gasteiger partial charge in [0.1, 0.15) is 11.5 Å². The van der Waals surface area contributed by atoms with Crippen molar-refractivity contribution in [2.45, 2.75) is 4.90 Å². The molecule has 6 nitrogen and oxygen atoms in total. The van der Waals surface area contributed by atoms with E-state index in [0.29, 0.717) is 5.65 Å². The van der Waals surface area contributed by atoms with Gasteiger partial charge in [-0.1, -0.05) is 29.8 Å². The SMILES string of the molecule is O=C(c1c(F)ccc(NS(=O)(=O)c2ccccc2)c1F)c1c[nH]c2ncc(Cl)cc12. The van der Waals surface area contributed by atoms with E-state index in [4.69, 9.17) is 11.6 Å². The zero-order valence-electron chi connectivity index (χ0n) is 15.0. The molecule has 0 aliphatic heterocycles. The third-order valence-electron chi connectivity index (χ3n) is 4.36. The van der Waals surface area contributed by atoms with Crippen LogP contribution in [0.5, 0.6) is 0 Å². The number of aromatic nitrogens is 2. The number of aromatic amines is 1. The molecule has 0 aliphatic rings. The number of fused-ring (bicyclic) bond motifs is 1. The molecule has 0 radical (unpaired) electrons.